The molecule has 1 saturated heterocycles. The van der Waals surface area contributed by atoms with Gasteiger partial charge < -0.3 is 10.2 Å². The minimum absolute atomic E-state index is 0.0408. The topological polar surface area (TPSA) is 66.5 Å². The average Bonchev–Trinajstić information content (AvgIpc) is 3.21. The van der Waals surface area contributed by atoms with E-state index in [-0.39, 0.29) is 29.0 Å². The maximum Gasteiger partial charge on any atom is 0.221 e. The predicted molar refractivity (Wildman–Crippen MR) is 89.8 cm³/mol. The highest BCUT2D eigenvalue weighted by molar-refractivity contribution is 7.91. The first kappa shape index (κ1) is 16.5. The molecule has 5 nitrogen and oxygen atoms in total. The molecule has 1 heterocycles. The summed E-state index contributed by atoms with van der Waals surface area (Å²) in [6, 6.07) is 10.1. The van der Waals surface area contributed by atoms with Crippen LogP contribution in [0.3, 0.4) is 0 Å². The third-order valence-electron chi connectivity index (χ3n) is 4.98. The number of carbonyl (C=O) groups is 1. The second-order valence-corrected chi connectivity index (χ2v) is 9.01. The summed E-state index contributed by atoms with van der Waals surface area (Å²) in [5.41, 5.74) is 0.997. The van der Waals surface area contributed by atoms with Gasteiger partial charge >= 0.3 is 0 Å². The summed E-state index contributed by atoms with van der Waals surface area (Å²) in [6.07, 6.45) is 3.05. The van der Waals surface area contributed by atoms with Crippen molar-refractivity contribution in [2.24, 2.45) is 0 Å². The van der Waals surface area contributed by atoms with E-state index in [9.17, 15) is 13.2 Å². The van der Waals surface area contributed by atoms with E-state index in [0.29, 0.717) is 19.4 Å². The van der Waals surface area contributed by atoms with Crippen molar-refractivity contribution in [1.29, 1.82) is 0 Å². The van der Waals surface area contributed by atoms with Crippen molar-refractivity contribution in [1.82, 2.24) is 10.2 Å². The molecule has 6 heteroatoms. The van der Waals surface area contributed by atoms with Crippen LogP contribution in [0.1, 0.15) is 31.2 Å². The van der Waals surface area contributed by atoms with Crippen LogP contribution in [-0.2, 0) is 20.2 Å². The molecule has 1 amide bonds. The van der Waals surface area contributed by atoms with Crippen molar-refractivity contribution in [3.63, 3.8) is 0 Å². The second kappa shape index (κ2) is 6.24. The Bertz CT molecular complexity index is 668. The zero-order valence-electron chi connectivity index (χ0n) is 13.5. The second-order valence-electron chi connectivity index (χ2n) is 6.78. The van der Waals surface area contributed by atoms with Crippen LogP contribution in [0.2, 0.25) is 0 Å². The smallest absolute Gasteiger partial charge is 0.221 e. The fourth-order valence-electron chi connectivity index (χ4n) is 3.28. The Hall–Kier alpha value is -1.40. The van der Waals surface area contributed by atoms with Gasteiger partial charge in [-0.05, 0) is 31.9 Å². The third-order valence-corrected chi connectivity index (χ3v) is 6.73. The monoisotopic (exact) mass is 336 g/mol. The molecule has 1 saturated carbocycles. The largest absolute Gasteiger partial charge is 0.347 e. The van der Waals surface area contributed by atoms with Crippen molar-refractivity contribution in [3.8, 4) is 0 Å². The summed E-state index contributed by atoms with van der Waals surface area (Å²) in [6.45, 7) is 0.594. The van der Waals surface area contributed by atoms with E-state index in [1.807, 2.05) is 30.1 Å². The summed E-state index contributed by atoms with van der Waals surface area (Å²) in [7, 11) is -0.970. The zero-order valence-corrected chi connectivity index (χ0v) is 14.3. The molecule has 1 N–H and O–H groups in total. The van der Waals surface area contributed by atoms with E-state index < -0.39 is 9.84 Å². The van der Waals surface area contributed by atoms with Crippen LogP contribution < -0.4 is 5.32 Å². The van der Waals surface area contributed by atoms with Gasteiger partial charge in [-0.3, -0.25) is 4.79 Å². The predicted octanol–water partition coefficient (Wildman–Crippen LogP) is 1.30. The zero-order chi connectivity index (χ0) is 16.5. The first-order valence-electron chi connectivity index (χ1n) is 8.17. The Kier molecular flexibility index (Phi) is 4.47. The standard InChI is InChI=1S/C17H24N2O3S/c1-19(15-8-12-23(21,22)13-15)11-7-16(20)18-17(9-10-17)14-5-3-2-4-6-14/h2-6,15H,7-13H2,1H3,(H,18,20)/t15-/m1/s1. The Morgan fingerprint density at radius 1 is 1.30 bits per heavy atom. The van der Waals surface area contributed by atoms with Gasteiger partial charge in [0.25, 0.3) is 0 Å². The number of sulfone groups is 1. The van der Waals surface area contributed by atoms with Crippen LogP contribution in [0.15, 0.2) is 30.3 Å². The summed E-state index contributed by atoms with van der Waals surface area (Å²) in [5.74, 6) is 0.531. The van der Waals surface area contributed by atoms with E-state index in [1.165, 1.54) is 5.56 Å². The molecule has 1 aromatic carbocycles. The molecule has 1 atom stereocenters. The van der Waals surface area contributed by atoms with Gasteiger partial charge in [0.05, 0.1) is 17.0 Å². The fraction of sp³-hybridized carbons (Fsp3) is 0.588. The van der Waals surface area contributed by atoms with Gasteiger partial charge in [0.15, 0.2) is 9.84 Å². The lowest BCUT2D eigenvalue weighted by molar-refractivity contribution is -0.122. The summed E-state index contributed by atoms with van der Waals surface area (Å²) < 4.78 is 23.1. The summed E-state index contributed by atoms with van der Waals surface area (Å²) >= 11 is 0. The third kappa shape index (κ3) is 3.93. The van der Waals surface area contributed by atoms with E-state index in [4.69, 9.17) is 0 Å². The lowest BCUT2D eigenvalue weighted by Gasteiger charge is -2.24. The van der Waals surface area contributed by atoms with Gasteiger partial charge in [0, 0.05) is 19.0 Å². The molecule has 0 unspecified atom stereocenters. The fourth-order valence-corrected chi connectivity index (χ4v) is 5.09. The van der Waals surface area contributed by atoms with Crippen LogP contribution in [-0.4, -0.2) is 50.4 Å². The number of hydrogen-bond acceptors (Lipinski definition) is 4. The summed E-state index contributed by atoms with van der Waals surface area (Å²) in [4.78, 5) is 14.3. The first-order chi connectivity index (χ1) is 10.9. The van der Waals surface area contributed by atoms with Crippen molar-refractivity contribution in [2.45, 2.75) is 37.3 Å². The maximum atomic E-state index is 12.3. The molecule has 23 heavy (non-hydrogen) atoms. The Morgan fingerprint density at radius 2 is 2.00 bits per heavy atom. The number of nitrogens with one attached hydrogen (secondary N) is 1. The Morgan fingerprint density at radius 3 is 2.57 bits per heavy atom. The molecule has 3 rings (SSSR count). The molecule has 1 aliphatic carbocycles. The average molecular weight is 336 g/mol. The quantitative estimate of drug-likeness (QED) is 0.850. The number of carbonyl (C=O) groups excluding carboxylic acids is 1. The Labute approximate surface area is 138 Å². The summed E-state index contributed by atoms with van der Waals surface area (Å²) in [5, 5.41) is 3.16. The van der Waals surface area contributed by atoms with Gasteiger partial charge in [-0.25, -0.2) is 8.42 Å². The minimum Gasteiger partial charge on any atom is -0.347 e. The van der Waals surface area contributed by atoms with Crippen molar-refractivity contribution >= 4 is 15.7 Å². The van der Waals surface area contributed by atoms with E-state index in [2.05, 4.69) is 17.4 Å². The van der Waals surface area contributed by atoms with Crippen molar-refractivity contribution < 1.29 is 13.2 Å². The van der Waals surface area contributed by atoms with Crippen LogP contribution >= 0.6 is 0 Å². The van der Waals surface area contributed by atoms with E-state index in [1.54, 1.807) is 0 Å². The van der Waals surface area contributed by atoms with Crippen LogP contribution in [0, 0.1) is 0 Å². The van der Waals surface area contributed by atoms with Gasteiger partial charge in [-0.2, -0.15) is 0 Å². The molecule has 0 spiro atoms. The molecule has 126 valence electrons. The highest BCUT2D eigenvalue weighted by Crippen LogP contribution is 2.45. The SMILES string of the molecule is CN(CCC(=O)NC1(c2ccccc2)CC1)[C@@H]1CCS(=O)(=O)C1. The minimum atomic E-state index is -2.88. The van der Waals surface area contributed by atoms with Gasteiger partial charge in [0.1, 0.15) is 0 Å². The lowest BCUT2D eigenvalue weighted by atomic mass is 10.0. The number of nitrogens with zero attached hydrogens (tertiary/aromatic N) is 1. The highest BCUT2D eigenvalue weighted by Gasteiger charge is 2.45. The molecule has 1 aliphatic heterocycles. The Balaban J connectivity index is 1.49. The molecular formula is C17H24N2O3S. The molecule has 1 aromatic rings. The van der Waals surface area contributed by atoms with E-state index in [0.717, 1.165) is 12.8 Å². The lowest BCUT2D eigenvalue weighted by Crippen LogP contribution is -2.39. The molecular weight excluding hydrogens is 312 g/mol. The van der Waals surface area contributed by atoms with Crippen LogP contribution in [0.5, 0.6) is 0 Å². The normalized spacial score (nSPS) is 24.5. The first-order valence-corrected chi connectivity index (χ1v) is 10.00. The van der Waals surface area contributed by atoms with E-state index >= 15 is 0 Å². The molecule has 0 aromatic heterocycles. The number of hydrogen-bond donors (Lipinski definition) is 1. The molecule has 0 radical (unpaired) electrons. The van der Waals surface area contributed by atoms with Crippen LogP contribution in [0.4, 0.5) is 0 Å². The molecule has 2 aliphatic rings. The van der Waals surface area contributed by atoms with Gasteiger partial charge in [-0.15, -0.1) is 0 Å². The highest BCUT2D eigenvalue weighted by atomic mass is 32.2. The van der Waals surface area contributed by atoms with Gasteiger partial charge in [0.2, 0.25) is 5.91 Å². The number of amides is 1. The van der Waals surface area contributed by atoms with Crippen molar-refractivity contribution in [2.75, 3.05) is 25.1 Å². The molecule has 0 bridgehead atoms. The number of rotatable bonds is 6. The van der Waals surface area contributed by atoms with Crippen LogP contribution in [0.25, 0.3) is 0 Å². The van der Waals surface area contributed by atoms with Crippen molar-refractivity contribution in [3.05, 3.63) is 35.9 Å². The number of benzene rings is 1. The molecule has 2 fully saturated rings. The maximum absolute atomic E-state index is 12.3. The van der Waals surface area contributed by atoms with Gasteiger partial charge in [-0.1, -0.05) is 30.3 Å².